The van der Waals surface area contributed by atoms with Gasteiger partial charge in [0.2, 0.25) is 0 Å². The molecule has 0 aliphatic rings. The Morgan fingerprint density at radius 2 is 1.75 bits per heavy atom. The normalized spacial score (nSPS) is 14.9. The number of likely N-dealkylation sites (N-methyl/N-ethyl adjacent to an activating group) is 2. The van der Waals surface area contributed by atoms with Crippen LogP contribution in [0.4, 0.5) is 0 Å². The molecule has 3 heteroatoms. The molecule has 16 heavy (non-hydrogen) atoms. The third kappa shape index (κ3) is 2.97. The van der Waals surface area contributed by atoms with Crippen LogP contribution in [0.3, 0.4) is 0 Å². The van der Waals surface area contributed by atoms with E-state index in [-0.39, 0.29) is 0 Å². The van der Waals surface area contributed by atoms with Gasteiger partial charge in [-0.25, -0.2) is 0 Å². The van der Waals surface area contributed by atoms with Gasteiger partial charge in [0, 0.05) is 12.1 Å². The SMILES string of the molecule is CNC(c1ccc(OC)cc1)C(C)N(C)C. The van der Waals surface area contributed by atoms with Gasteiger partial charge < -0.3 is 15.0 Å². The average Bonchev–Trinajstić information content (AvgIpc) is 2.30. The smallest absolute Gasteiger partial charge is 0.118 e. The number of benzene rings is 1. The molecule has 90 valence electrons. The second-order valence-corrected chi connectivity index (χ2v) is 4.24. The summed E-state index contributed by atoms with van der Waals surface area (Å²) >= 11 is 0. The minimum Gasteiger partial charge on any atom is -0.497 e. The lowest BCUT2D eigenvalue weighted by atomic mass is 10.00. The van der Waals surface area contributed by atoms with E-state index in [1.807, 2.05) is 19.2 Å². The van der Waals surface area contributed by atoms with Gasteiger partial charge in [0.25, 0.3) is 0 Å². The molecule has 1 aromatic carbocycles. The molecule has 0 aromatic heterocycles. The summed E-state index contributed by atoms with van der Waals surface area (Å²) in [5.74, 6) is 0.899. The molecule has 0 spiro atoms. The monoisotopic (exact) mass is 222 g/mol. The highest BCUT2D eigenvalue weighted by atomic mass is 16.5. The van der Waals surface area contributed by atoms with E-state index in [4.69, 9.17) is 4.74 Å². The highest BCUT2D eigenvalue weighted by Gasteiger charge is 2.18. The first-order chi connectivity index (χ1) is 7.60. The fraction of sp³-hybridized carbons (Fsp3) is 0.538. The fourth-order valence-corrected chi connectivity index (χ4v) is 1.80. The molecule has 0 bridgehead atoms. The molecule has 1 rings (SSSR count). The summed E-state index contributed by atoms with van der Waals surface area (Å²) in [7, 11) is 7.87. The van der Waals surface area contributed by atoms with Gasteiger partial charge in [-0.3, -0.25) is 0 Å². The molecule has 0 saturated heterocycles. The summed E-state index contributed by atoms with van der Waals surface area (Å²) in [5.41, 5.74) is 1.28. The van der Waals surface area contributed by atoms with Crippen molar-refractivity contribution < 1.29 is 4.74 Å². The van der Waals surface area contributed by atoms with Crippen molar-refractivity contribution in [2.24, 2.45) is 0 Å². The summed E-state index contributed by atoms with van der Waals surface area (Å²) in [4.78, 5) is 2.21. The van der Waals surface area contributed by atoms with Crippen molar-refractivity contribution in [3.63, 3.8) is 0 Å². The van der Waals surface area contributed by atoms with Crippen LogP contribution >= 0.6 is 0 Å². The van der Waals surface area contributed by atoms with Gasteiger partial charge in [-0.2, -0.15) is 0 Å². The number of hydrogen-bond donors (Lipinski definition) is 1. The molecule has 0 amide bonds. The van der Waals surface area contributed by atoms with Gasteiger partial charge >= 0.3 is 0 Å². The second-order valence-electron chi connectivity index (χ2n) is 4.24. The van der Waals surface area contributed by atoms with Gasteiger partial charge in [0.1, 0.15) is 5.75 Å². The average molecular weight is 222 g/mol. The Labute approximate surface area is 98.4 Å². The standard InChI is InChI=1S/C13H22N2O/c1-10(15(3)4)13(14-2)11-6-8-12(16-5)9-7-11/h6-10,13-14H,1-5H3. The van der Waals surface area contributed by atoms with Crippen LogP contribution in [0.5, 0.6) is 5.75 Å². The van der Waals surface area contributed by atoms with Crippen LogP contribution in [0, 0.1) is 0 Å². The van der Waals surface area contributed by atoms with Gasteiger partial charge in [-0.1, -0.05) is 12.1 Å². The van der Waals surface area contributed by atoms with Crippen molar-refractivity contribution in [1.82, 2.24) is 10.2 Å². The molecule has 0 fully saturated rings. The minimum absolute atomic E-state index is 0.334. The minimum atomic E-state index is 0.334. The Kier molecular flexibility index (Phi) is 4.77. The first kappa shape index (κ1) is 13.0. The highest BCUT2D eigenvalue weighted by molar-refractivity contribution is 5.29. The predicted molar refractivity (Wildman–Crippen MR) is 67.9 cm³/mol. The number of nitrogens with one attached hydrogen (secondary N) is 1. The summed E-state index contributed by atoms with van der Waals surface area (Å²) in [6, 6.07) is 9.00. The van der Waals surface area contributed by atoms with E-state index in [2.05, 4.69) is 43.4 Å². The Morgan fingerprint density at radius 3 is 2.12 bits per heavy atom. The van der Waals surface area contributed by atoms with Crippen LogP contribution in [-0.2, 0) is 0 Å². The summed E-state index contributed by atoms with van der Waals surface area (Å²) in [6.45, 7) is 2.21. The van der Waals surface area contributed by atoms with Crippen LogP contribution in [0.25, 0.3) is 0 Å². The predicted octanol–water partition coefficient (Wildman–Crippen LogP) is 1.91. The maximum absolute atomic E-state index is 5.16. The van der Waals surface area contributed by atoms with E-state index in [9.17, 15) is 0 Å². The van der Waals surface area contributed by atoms with E-state index in [1.54, 1.807) is 7.11 Å². The topological polar surface area (TPSA) is 24.5 Å². The molecule has 2 atom stereocenters. The summed E-state index contributed by atoms with van der Waals surface area (Å²) in [6.07, 6.45) is 0. The molecule has 0 heterocycles. The zero-order chi connectivity index (χ0) is 12.1. The van der Waals surface area contributed by atoms with Crippen molar-refractivity contribution in [3.05, 3.63) is 29.8 Å². The van der Waals surface area contributed by atoms with Gasteiger partial charge in [-0.05, 0) is 45.8 Å². The molecule has 2 unspecified atom stereocenters. The molecular weight excluding hydrogens is 200 g/mol. The van der Waals surface area contributed by atoms with Crippen molar-refractivity contribution in [2.75, 3.05) is 28.3 Å². The van der Waals surface area contributed by atoms with Crippen molar-refractivity contribution >= 4 is 0 Å². The van der Waals surface area contributed by atoms with Crippen molar-refractivity contribution in [1.29, 1.82) is 0 Å². The van der Waals surface area contributed by atoms with Crippen LogP contribution in [0.2, 0.25) is 0 Å². The van der Waals surface area contributed by atoms with E-state index >= 15 is 0 Å². The Hall–Kier alpha value is -1.06. The van der Waals surface area contributed by atoms with E-state index in [0.29, 0.717) is 12.1 Å². The molecular formula is C13H22N2O. The molecule has 0 aliphatic carbocycles. The Morgan fingerprint density at radius 1 is 1.19 bits per heavy atom. The Bertz CT molecular complexity index is 308. The zero-order valence-corrected chi connectivity index (χ0v) is 10.8. The molecule has 1 N–H and O–H groups in total. The lowest BCUT2D eigenvalue weighted by Gasteiger charge is -2.29. The third-order valence-corrected chi connectivity index (χ3v) is 3.08. The largest absolute Gasteiger partial charge is 0.497 e. The number of nitrogens with zero attached hydrogens (tertiary/aromatic N) is 1. The second kappa shape index (κ2) is 5.87. The number of ether oxygens (including phenoxy) is 1. The maximum Gasteiger partial charge on any atom is 0.118 e. The first-order valence-corrected chi connectivity index (χ1v) is 5.57. The maximum atomic E-state index is 5.16. The highest BCUT2D eigenvalue weighted by Crippen LogP contribution is 2.21. The van der Waals surface area contributed by atoms with Crippen LogP contribution < -0.4 is 10.1 Å². The number of rotatable bonds is 5. The van der Waals surface area contributed by atoms with E-state index < -0.39 is 0 Å². The van der Waals surface area contributed by atoms with Crippen LogP contribution in [-0.4, -0.2) is 39.2 Å². The molecule has 0 aliphatic heterocycles. The first-order valence-electron chi connectivity index (χ1n) is 5.57. The quantitative estimate of drug-likeness (QED) is 0.823. The molecule has 0 radical (unpaired) electrons. The van der Waals surface area contributed by atoms with Crippen LogP contribution in [0.1, 0.15) is 18.5 Å². The van der Waals surface area contributed by atoms with E-state index in [0.717, 1.165) is 5.75 Å². The summed E-state index contributed by atoms with van der Waals surface area (Å²) in [5, 5.41) is 3.35. The number of hydrogen-bond acceptors (Lipinski definition) is 3. The third-order valence-electron chi connectivity index (χ3n) is 3.08. The molecule has 0 saturated carbocycles. The lowest BCUT2D eigenvalue weighted by Crippen LogP contribution is -2.37. The van der Waals surface area contributed by atoms with E-state index in [1.165, 1.54) is 5.56 Å². The fourth-order valence-electron chi connectivity index (χ4n) is 1.80. The lowest BCUT2D eigenvalue weighted by molar-refractivity contribution is 0.254. The van der Waals surface area contributed by atoms with Gasteiger partial charge in [0.05, 0.1) is 7.11 Å². The van der Waals surface area contributed by atoms with Gasteiger partial charge in [-0.15, -0.1) is 0 Å². The summed E-state index contributed by atoms with van der Waals surface area (Å²) < 4.78 is 5.16. The molecule has 1 aromatic rings. The zero-order valence-electron chi connectivity index (χ0n) is 10.8. The number of methoxy groups -OCH3 is 1. The van der Waals surface area contributed by atoms with Gasteiger partial charge in [0.15, 0.2) is 0 Å². The molecule has 3 nitrogen and oxygen atoms in total. The van der Waals surface area contributed by atoms with Crippen molar-refractivity contribution in [3.8, 4) is 5.75 Å². The van der Waals surface area contributed by atoms with Crippen molar-refractivity contribution in [2.45, 2.75) is 19.0 Å². The van der Waals surface area contributed by atoms with Crippen LogP contribution in [0.15, 0.2) is 24.3 Å². The Balaban J connectivity index is 2.86.